The smallest absolute Gasteiger partial charge is 0.193 e. The Bertz CT molecular complexity index is 449. The van der Waals surface area contributed by atoms with Gasteiger partial charge in [-0.3, -0.25) is 4.68 Å². The van der Waals surface area contributed by atoms with Crippen molar-refractivity contribution in [3.63, 3.8) is 0 Å². The second-order valence-corrected chi connectivity index (χ2v) is 3.85. The third-order valence-corrected chi connectivity index (χ3v) is 2.38. The van der Waals surface area contributed by atoms with Crippen molar-refractivity contribution in [2.75, 3.05) is 0 Å². The van der Waals surface area contributed by atoms with E-state index in [0.29, 0.717) is 17.4 Å². The van der Waals surface area contributed by atoms with Crippen molar-refractivity contribution < 1.29 is 4.42 Å². The van der Waals surface area contributed by atoms with Gasteiger partial charge in [-0.1, -0.05) is 0 Å². The standard InChI is InChI=1S/C10H12ClN3O/c1-14-6-7(5-13-14)4-8(12)9-2-3-10(11)15-9/h2-3,5-6,8H,4,12H2,1H3. The van der Waals surface area contributed by atoms with E-state index in [1.165, 1.54) is 0 Å². The van der Waals surface area contributed by atoms with Crippen molar-refractivity contribution >= 4 is 11.6 Å². The summed E-state index contributed by atoms with van der Waals surface area (Å²) in [6.07, 6.45) is 4.42. The van der Waals surface area contributed by atoms with Gasteiger partial charge in [-0.25, -0.2) is 0 Å². The van der Waals surface area contributed by atoms with Crippen molar-refractivity contribution in [1.29, 1.82) is 0 Å². The van der Waals surface area contributed by atoms with Gasteiger partial charge < -0.3 is 10.2 Å². The summed E-state index contributed by atoms with van der Waals surface area (Å²) < 4.78 is 6.98. The molecule has 0 radical (unpaired) electrons. The number of aromatic nitrogens is 2. The number of rotatable bonds is 3. The lowest BCUT2D eigenvalue weighted by Gasteiger charge is -2.05. The van der Waals surface area contributed by atoms with Gasteiger partial charge in [-0.15, -0.1) is 0 Å². The Kier molecular flexibility index (Phi) is 2.79. The summed E-state index contributed by atoms with van der Waals surface area (Å²) in [5, 5.41) is 4.44. The molecule has 0 aromatic carbocycles. The first-order valence-corrected chi connectivity index (χ1v) is 5.01. The molecule has 2 heterocycles. The van der Waals surface area contributed by atoms with E-state index in [-0.39, 0.29) is 6.04 Å². The second kappa shape index (κ2) is 4.08. The monoisotopic (exact) mass is 225 g/mol. The zero-order valence-corrected chi connectivity index (χ0v) is 9.11. The first kappa shape index (κ1) is 10.3. The molecule has 2 rings (SSSR count). The number of nitrogens with two attached hydrogens (primary N) is 1. The van der Waals surface area contributed by atoms with Gasteiger partial charge >= 0.3 is 0 Å². The van der Waals surface area contributed by atoms with E-state index in [4.69, 9.17) is 21.8 Å². The maximum absolute atomic E-state index is 5.96. The summed E-state index contributed by atoms with van der Waals surface area (Å²) in [5.41, 5.74) is 7.04. The number of hydrogen-bond acceptors (Lipinski definition) is 3. The fourth-order valence-corrected chi connectivity index (χ4v) is 1.61. The van der Waals surface area contributed by atoms with Crippen LogP contribution >= 0.6 is 11.6 Å². The van der Waals surface area contributed by atoms with Crippen LogP contribution in [0.2, 0.25) is 5.22 Å². The highest BCUT2D eigenvalue weighted by atomic mass is 35.5. The zero-order chi connectivity index (χ0) is 10.8. The highest BCUT2D eigenvalue weighted by molar-refractivity contribution is 6.28. The van der Waals surface area contributed by atoms with Crippen LogP contribution in [0.4, 0.5) is 0 Å². The number of halogens is 1. The zero-order valence-electron chi connectivity index (χ0n) is 8.35. The molecule has 15 heavy (non-hydrogen) atoms. The van der Waals surface area contributed by atoms with Crippen molar-refractivity contribution in [3.8, 4) is 0 Å². The van der Waals surface area contributed by atoms with E-state index in [9.17, 15) is 0 Å². The van der Waals surface area contributed by atoms with Crippen LogP contribution in [0, 0.1) is 0 Å². The Balaban J connectivity index is 2.06. The first-order chi connectivity index (χ1) is 7.15. The second-order valence-electron chi connectivity index (χ2n) is 3.47. The van der Waals surface area contributed by atoms with Crippen molar-refractivity contribution in [1.82, 2.24) is 9.78 Å². The molecule has 0 aliphatic heterocycles. The van der Waals surface area contributed by atoms with Crippen molar-refractivity contribution in [2.24, 2.45) is 12.8 Å². The minimum absolute atomic E-state index is 0.179. The minimum Gasteiger partial charge on any atom is -0.448 e. The Labute approximate surface area is 92.6 Å². The fourth-order valence-electron chi connectivity index (χ4n) is 1.46. The van der Waals surface area contributed by atoms with E-state index >= 15 is 0 Å². The third-order valence-electron chi connectivity index (χ3n) is 2.17. The molecule has 0 bridgehead atoms. The quantitative estimate of drug-likeness (QED) is 0.868. The van der Waals surface area contributed by atoms with Gasteiger partial charge in [0.05, 0.1) is 12.2 Å². The third kappa shape index (κ3) is 2.40. The molecule has 0 spiro atoms. The van der Waals surface area contributed by atoms with E-state index in [0.717, 1.165) is 5.56 Å². The van der Waals surface area contributed by atoms with Crippen molar-refractivity contribution in [3.05, 3.63) is 41.1 Å². The van der Waals surface area contributed by atoms with E-state index in [2.05, 4.69) is 5.10 Å². The summed E-state index contributed by atoms with van der Waals surface area (Å²) in [6.45, 7) is 0. The number of nitrogens with zero attached hydrogens (tertiary/aromatic N) is 2. The largest absolute Gasteiger partial charge is 0.448 e. The predicted octanol–water partition coefficient (Wildman–Crippen LogP) is 1.91. The van der Waals surface area contributed by atoms with Crippen LogP contribution in [-0.4, -0.2) is 9.78 Å². The van der Waals surface area contributed by atoms with Gasteiger partial charge in [0.25, 0.3) is 0 Å². The maximum atomic E-state index is 5.96. The lowest BCUT2D eigenvalue weighted by molar-refractivity contribution is 0.466. The van der Waals surface area contributed by atoms with Crippen LogP contribution in [0.3, 0.4) is 0 Å². The van der Waals surface area contributed by atoms with Crippen LogP contribution in [0.1, 0.15) is 17.4 Å². The molecule has 0 aliphatic carbocycles. The summed E-state index contributed by atoms with van der Waals surface area (Å²) >= 11 is 5.67. The van der Waals surface area contributed by atoms with E-state index in [1.54, 1.807) is 23.0 Å². The number of hydrogen-bond donors (Lipinski definition) is 1. The maximum Gasteiger partial charge on any atom is 0.193 e. The summed E-state index contributed by atoms with van der Waals surface area (Å²) in [7, 11) is 1.87. The normalized spacial score (nSPS) is 13.0. The molecule has 0 saturated heterocycles. The van der Waals surface area contributed by atoms with Crippen LogP contribution in [0.25, 0.3) is 0 Å². The predicted molar refractivity (Wildman–Crippen MR) is 57.6 cm³/mol. The Morgan fingerprint density at radius 2 is 2.40 bits per heavy atom. The number of aryl methyl sites for hydroxylation is 1. The molecule has 80 valence electrons. The fraction of sp³-hybridized carbons (Fsp3) is 0.300. The van der Waals surface area contributed by atoms with Crippen LogP contribution in [0.5, 0.6) is 0 Å². The summed E-state index contributed by atoms with van der Waals surface area (Å²) in [4.78, 5) is 0. The molecular formula is C10H12ClN3O. The molecular weight excluding hydrogens is 214 g/mol. The summed E-state index contributed by atoms with van der Waals surface area (Å²) in [6, 6.07) is 3.31. The molecule has 0 aliphatic rings. The molecule has 4 nitrogen and oxygen atoms in total. The van der Waals surface area contributed by atoms with E-state index in [1.807, 2.05) is 13.2 Å². The van der Waals surface area contributed by atoms with Gasteiger partial charge in [0, 0.05) is 13.2 Å². The first-order valence-electron chi connectivity index (χ1n) is 4.63. The molecule has 0 amide bonds. The van der Waals surface area contributed by atoms with E-state index < -0.39 is 0 Å². The number of furan rings is 1. The Morgan fingerprint density at radius 1 is 1.60 bits per heavy atom. The Morgan fingerprint density at radius 3 is 2.93 bits per heavy atom. The van der Waals surface area contributed by atoms with Crippen LogP contribution in [-0.2, 0) is 13.5 Å². The average Bonchev–Trinajstić information content (AvgIpc) is 2.75. The van der Waals surface area contributed by atoms with Gasteiger partial charge in [0.15, 0.2) is 5.22 Å². The van der Waals surface area contributed by atoms with Crippen molar-refractivity contribution in [2.45, 2.75) is 12.5 Å². The Hall–Kier alpha value is -1.26. The SMILES string of the molecule is Cn1cc(CC(N)c2ccc(Cl)o2)cn1. The van der Waals surface area contributed by atoms with Gasteiger partial charge in [0.2, 0.25) is 0 Å². The molecule has 0 fully saturated rings. The average molecular weight is 226 g/mol. The molecule has 0 saturated carbocycles. The molecule has 1 unspecified atom stereocenters. The molecule has 2 aromatic rings. The highest BCUT2D eigenvalue weighted by Crippen LogP contribution is 2.20. The summed E-state index contributed by atoms with van der Waals surface area (Å²) in [5.74, 6) is 0.698. The highest BCUT2D eigenvalue weighted by Gasteiger charge is 2.12. The molecule has 2 N–H and O–H groups in total. The van der Waals surface area contributed by atoms with Crippen LogP contribution in [0.15, 0.2) is 28.9 Å². The van der Waals surface area contributed by atoms with Gasteiger partial charge in [0.1, 0.15) is 5.76 Å². The molecule has 2 aromatic heterocycles. The topological polar surface area (TPSA) is 57.0 Å². The molecule has 5 heteroatoms. The lowest BCUT2D eigenvalue weighted by atomic mass is 10.1. The lowest BCUT2D eigenvalue weighted by Crippen LogP contribution is -2.12. The van der Waals surface area contributed by atoms with Crippen LogP contribution < -0.4 is 5.73 Å². The minimum atomic E-state index is -0.179. The molecule has 1 atom stereocenters. The van der Waals surface area contributed by atoms with Gasteiger partial charge in [-0.2, -0.15) is 5.10 Å². The van der Waals surface area contributed by atoms with Gasteiger partial charge in [-0.05, 0) is 35.7 Å².